The Labute approximate surface area is 170 Å². The Hall–Kier alpha value is -3.15. The molecule has 6 heteroatoms. The van der Waals surface area contributed by atoms with E-state index in [9.17, 15) is 4.79 Å². The average molecular weight is 390 g/mol. The third-order valence-electron chi connectivity index (χ3n) is 5.31. The number of aryl methyl sites for hydroxylation is 2. The second kappa shape index (κ2) is 8.90. The number of anilines is 1. The van der Waals surface area contributed by atoms with Gasteiger partial charge >= 0.3 is 0 Å². The maximum atomic E-state index is 12.4. The second-order valence-electron chi connectivity index (χ2n) is 7.38. The average Bonchev–Trinajstić information content (AvgIpc) is 3.01. The van der Waals surface area contributed by atoms with E-state index in [0.29, 0.717) is 12.8 Å². The van der Waals surface area contributed by atoms with Gasteiger partial charge in [0, 0.05) is 30.6 Å². The minimum atomic E-state index is -0.00181. The van der Waals surface area contributed by atoms with Crippen molar-refractivity contribution >= 4 is 11.6 Å². The van der Waals surface area contributed by atoms with E-state index in [1.807, 2.05) is 48.5 Å². The number of rotatable bonds is 6. The van der Waals surface area contributed by atoms with E-state index >= 15 is 0 Å². The molecule has 6 nitrogen and oxygen atoms in total. The maximum absolute atomic E-state index is 12.4. The molecule has 0 saturated carbocycles. The molecular weight excluding hydrogens is 364 g/mol. The van der Waals surface area contributed by atoms with Crippen LogP contribution in [-0.4, -0.2) is 27.8 Å². The lowest BCUT2D eigenvalue weighted by molar-refractivity contribution is -0.116. The van der Waals surface area contributed by atoms with E-state index < -0.39 is 0 Å². The van der Waals surface area contributed by atoms with Crippen LogP contribution in [0.3, 0.4) is 0 Å². The number of benzene rings is 2. The summed E-state index contributed by atoms with van der Waals surface area (Å²) in [6, 6.07) is 15.7. The number of methoxy groups -OCH3 is 1. The van der Waals surface area contributed by atoms with Crippen LogP contribution in [0.1, 0.15) is 37.1 Å². The molecule has 1 aliphatic rings. The minimum absolute atomic E-state index is 0.00181. The molecule has 0 fully saturated rings. The Balaban J connectivity index is 1.41. The number of amides is 1. The largest absolute Gasteiger partial charge is 0.497 e. The maximum Gasteiger partial charge on any atom is 0.224 e. The molecule has 2 aromatic carbocycles. The van der Waals surface area contributed by atoms with Crippen LogP contribution in [0.25, 0.3) is 11.4 Å². The zero-order chi connectivity index (χ0) is 20.1. The number of nitrogens with zero attached hydrogens (tertiary/aromatic N) is 3. The van der Waals surface area contributed by atoms with E-state index in [1.165, 1.54) is 12.8 Å². The third-order valence-corrected chi connectivity index (χ3v) is 5.31. The van der Waals surface area contributed by atoms with Gasteiger partial charge in [0.15, 0.2) is 5.82 Å². The summed E-state index contributed by atoms with van der Waals surface area (Å²) in [5, 5.41) is 11.8. The van der Waals surface area contributed by atoms with Gasteiger partial charge in [0.05, 0.1) is 7.11 Å². The fourth-order valence-electron chi connectivity index (χ4n) is 3.71. The topological polar surface area (TPSA) is 69.0 Å². The van der Waals surface area contributed by atoms with Crippen molar-refractivity contribution in [1.82, 2.24) is 14.8 Å². The minimum Gasteiger partial charge on any atom is -0.497 e. The summed E-state index contributed by atoms with van der Waals surface area (Å²) in [6.45, 7) is 0.954. The smallest absolute Gasteiger partial charge is 0.224 e. The van der Waals surface area contributed by atoms with Gasteiger partial charge in [-0.3, -0.25) is 4.79 Å². The van der Waals surface area contributed by atoms with Gasteiger partial charge < -0.3 is 14.6 Å². The number of carbonyl (C=O) groups is 1. The van der Waals surface area contributed by atoms with Crippen LogP contribution in [-0.2, 0) is 24.2 Å². The highest BCUT2D eigenvalue weighted by Gasteiger charge is 2.16. The molecule has 0 saturated heterocycles. The summed E-state index contributed by atoms with van der Waals surface area (Å²) in [7, 11) is 1.65. The number of fused-ring (bicyclic) bond motifs is 1. The molecule has 1 N–H and O–H groups in total. The van der Waals surface area contributed by atoms with E-state index in [1.54, 1.807) is 7.11 Å². The van der Waals surface area contributed by atoms with Gasteiger partial charge in [0.25, 0.3) is 0 Å². The van der Waals surface area contributed by atoms with Crippen molar-refractivity contribution in [3.8, 4) is 17.1 Å². The first-order valence-electron chi connectivity index (χ1n) is 10.2. The molecule has 0 unspecified atom stereocenters. The molecule has 3 aromatic rings. The normalized spacial score (nSPS) is 13.4. The van der Waals surface area contributed by atoms with Crippen LogP contribution in [0.15, 0.2) is 48.5 Å². The van der Waals surface area contributed by atoms with E-state index in [2.05, 4.69) is 20.1 Å². The predicted octanol–water partition coefficient (Wildman–Crippen LogP) is 4.25. The molecule has 2 heterocycles. The number of hydrogen-bond donors (Lipinski definition) is 1. The van der Waals surface area contributed by atoms with Crippen molar-refractivity contribution in [1.29, 1.82) is 0 Å². The number of carbonyl (C=O) groups excluding carboxylic acids is 1. The summed E-state index contributed by atoms with van der Waals surface area (Å²) < 4.78 is 7.39. The Morgan fingerprint density at radius 3 is 2.79 bits per heavy atom. The van der Waals surface area contributed by atoms with Crippen molar-refractivity contribution < 1.29 is 9.53 Å². The zero-order valence-electron chi connectivity index (χ0n) is 16.7. The molecule has 29 heavy (non-hydrogen) atoms. The summed E-state index contributed by atoms with van der Waals surface area (Å²) in [4.78, 5) is 12.4. The second-order valence-corrected chi connectivity index (χ2v) is 7.38. The van der Waals surface area contributed by atoms with Gasteiger partial charge in [-0.05, 0) is 49.1 Å². The molecule has 0 bridgehead atoms. The van der Waals surface area contributed by atoms with Crippen LogP contribution >= 0.6 is 0 Å². The Morgan fingerprint density at radius 2 is 1.97 bits per heavy atom. The summed E-state index contributed by atoms with van der Waals surface area (Å²) in [5.74, 6) is 2.77. The van der Waals surface area contributed by atoms with Gasteiger partial charge in [-0.15, -0.1) is 10.2 Å². The van der Waals surface area contributed by atoms with Crippen LogP contribution in [0, 0.1) is 0 Å². The van der Waals surface area contributed by atoms with E-state index in [0.717, 1.165) is 53.6 Å². The number of ether oxygens (including phenoxy) is 1. The van der Waals surface area contributed by atoms with Crippen LogP contribution in [0.5, 0.6) is 5.75 Å². The zero-order valence-corrected chi connectivity index (χ0v) is 16.7. The van der Waals surface area contributed by atoms with Gasteiger partial charge in [-0.25, -0.2) is 0 Å². The van der Waals surface area contributed by atoms with E-state index in [4.69, 9.17) is 4.74 Å². The van der Waals surface area contributed by atoms with Crippen LogP contribution < -0.4 is 10.1 Å². The monoisotopic (exact) mass is 390 g/mol. The summed E-state index contributed by atoms with van der Waals surface area (Å²) in [5.41, 5.74) is 2.88. The molecule has 150 valence electrons. The SMILES string of the molecule is COc1ccc(CCC(=O)Nc2cccc(-c3nnc4n3CCCCC4)c2)cc1. The molecule has 0 spiro atoms. The highest BCUT2D eigenvalue weighted by Crippen LogP contribution is 2.25. The first-order chi connectivity index (χ1) is 14.2. The summed E-state index contributed by atoms with van der Waals surface area (Å²) in [6.07, 6.45) is 5.65. The standard InChI is InChI=1S/C23H26N4O2/c1-29-20-12-9-17(10-13-20)11-14-22(28)24-19-7-5-6-18(16-19)23-26-25-21-8-3-2-4-15-27(21)23/h5-7,9-10,12-13,16H,2-4,8,11,14-15H2,1H3,(H,24,28). The van der Waals surface area contributed by atoms with Gasteiger partial charge in [0.1, 0.15) is 11.6 Å². The lowest BCUT2D eigenvalue weighted by Crippen LogP contribution is -2.12. The Morgan fingerprint density at radius 1 is 1.10 bits per heavy atom. The van der Waals surface area contributed by atoms with Crippen molar-refractivity contribution in [3.05, 3.63) is 59.9 Å². The molecular formula is C23H26N4O2. The fourth-order valence-corrected chi connectivity index (χ4v) is 3.71. The van der Waals surface area contributed by atoms with Gasteiger partial charge in [-0.1, -0.05) is 30.7 Å². The molecule has 1 amide bonds. The molecule has 0 atom stereocenters. The molecule has 4 rings (SSSR count). The van der Waals surface area contributed by atoms with Crippen molar-refractivity contribution in [2.24, 2.45) is 0 Å². The van der Waals surface area contributed by atoms with Gasteiger partial charge in [-0.2, -0.15) is 0 Å². The quantitative estimate of drug-likeness (QED) is 0.683. The molecule has 1 aliphatic heterocycles. The lowest BCUT2D eigenvalue weighted by Gasteiger charge is -2.10. The Bertz CT molecular complexity index is 979. The fraction of sp³-hybridized carbons (Fsp3) is 0.348. The Kier molecular flexibility index (Phi) is 5.89. The van der Waals surface area contributed by atoms with Crippen molar-refractivity contribution in [3.63, 3.8) is 0 Å². The van der Waals surface area contributed by atoms with Crippen molar-refractivity contribution in [2.45, 2.75) is 45.1 Å². The molecule has 0 aliphatic carbocycles. The first kappa shape index (κ1) is 19.2. The molecule has 0 radical (unpaired) electrons. The van der Waals surface area contributed by atoms with Crippen molar-refractivity contribution in [2.75, 3.05) is 12.4 Å². The molecule has 1 aromatic heterocycles. The highest BCUT2D eigenvalue weighted by atomic mass is 16.5. The van der Waals surface area contributed by atoms with E-state index in [-0.39, 0.29) is 5.91 Å². The first-order valence-corrected chi connectivity index (χ1v) is 10.2. The van der Waals surface area contributed by atoms with Gasteiger partial charge in [0.2, 0.25) is 5.91 Å². The predicted molar refractivity (Wildman–Crippen MR) is 113 cm³/mol. The third kappa shape index (κ3) is 4.65. The number of hydrogen-bond acceptors (Lipinski definition) is 4. The number of aromatic nitrogens is 3. The number of nitrogens with one attached hydrogen (secondary N) is 1. The summed E-state index contributed by atoms with van der Waals surface area (Å²) >= 11 is 0. The van der Waals surface area contributed by atoms with Crippen LogP contribution in [0.2, 0.25) is 0 Å². The van der Waals surface area contributed by atoms with Crippen LogP contribution in [0.4, 0.5) is 5.69 Å². The lowest BCUT2D eigenvalue weighted by atomic mass is 10.1. The highest BCUT2D eigenvalue weighted by molar-refractivity contribution is 5.91.